The maximum absolute atomic E-state index is 5.11. The van der Waals surface area contributed by atoms with E-state index in [0.717, 1.165) is 17.0 Å². The van der Waals surface area contributed by atoms with Gasteiger partial charge in [0.15, 0.2) is 0 Å². The molecule has 2 rings (SSSR count). The zero-order valence-electron chi connectivity index (χ0n) is 7.24. The Bertz CT molecular complexity index is 382. The van der Waals surface area contributed by atoms with E-state index in [-0.39, 0.29) is 0 Å². The minimum atomic E-state index is 0.840. The van der Waals surface area contributed by atoms with Gasteiger partial charge in [-0.25, -0.2) is 0 Å². The number of nitrogens with zero attached hydrogens (tertiary/aromatic N) is 1. The Morgan fingerprint density at radius 3 is 3.08 bits per heavy atom. The zero-order chi connectivity index (χ0) is 9.10. The maximum Gasteiger partial charge on any atom is 0.119 e. The molecule has 1 aromatic carbocycles. The van der Waals surface area contributed by atoms with Crippen molar-refractivity contribution >= 4 is 0 Å². The van der Waals surface area contributed by atoms with E-state index in [4.69, 9.17) is 4.74 Å². The van der Waals surface area contributed by atoms with Gasteiger partial charge in [-0.05, 0) is 18.2 Å². The van der Waals surface area contributed by atoms with E-state index in [1.807, 2.05) is 24.3 Å². The lowest BCUT2D eigenvalue weighted by Crippen LogP contribution is -1.83. The number of aromatic amines is 1. The molecule has 0 bridgehead atoms. The molecule has 0 aliphatic heterocycles. The van der Waals surface area contributed by atoms with Crippen LogP contribution in [0.1, 0.15) is 0 Å². The molecule has 0 spiro atoms. The lowest BCUT2D eigenvalue weighted by molar-refractivity contribution is 0.415. The normalized spacial score (nSPS) is 9.92. The molecule has 13 heavy (non-hydrogen) atoms. The highest BCUT2D eigenvalue weighted by molar-refractivity contribution is 5.60. The summed E-state index contributed by atoms with van der Waals surface area (Å²) in [6, 6.07) is 9.58. The van der Waals surface area contributed by atoms with Crippen LogP contribution in [0.2, 0.25) is 0 Å². The fourth-order valence-corrected chi connectivity index (χ4v) is 1.16. The summed E-state index contributed by atoms with van der Waals surface area (Å²) < 4.78 is 5.11. The first kappa shape index (κ1) is 7.86. The molecule has 2 aromatic rings. The number of ether oxygens (including phenoxy) is 1. The van der Waals surface area contributed by atoms with Crippen molar-refractivity contribution < 1.29 is 4.74 Å². The Morgan fingerprint density at radius 1 is 1.46 bits per heavy atom. The standard InChI is InChI=1S/C10H9N2O/c1-13-9-4-2-3-8(7-9)10-5-6-11-12-10/h2-5,7H,1H3,(H,11,12). The highest BCUT2D eigenvalue weighted by atomic mass is 16.5. The third-order valence-electron chi connectivity index (χ3n) is 1.83. The molecular weight excluding hydrogens is 164 g/mol. The fraction of sp³-hybridized carbons (Fsp3) is 0.100. The van der Waals surface area contributed by atoms with E-state index >= 15 is 0 Å². The molecule has 0 aliphatic rings. The number of hydrogen-bond donors (Lipinski definition) is 1. The van der Waals surface area contributed by atoms with Crippen LogP contribution in [0.5, 0.6) is 5.75 Å². The average molecular weight is 173 g/mol. The maximum atomic E-state index is 5.11. The molecule has 1 heterocycles. The largest absolute Gasteiger partial charge is 0.497 e. The van der Waals surface area contributed by atoms with Gasteiger partial charge in [0, 0.05) is 5.56 Å². The second-order valence-electron chi connectivity index (χ2n) is 2.64. The van der Waals surface area contributed by atoms with Crippen molar-refractivity contribution in [2.24, 2.45) is 0 Å². The van der Waals surface area contributed by atoms with E-state index in [0.29, 0.717) is 0 Å². The molecule has 0 atom stereocenters. The first-order chi connectivity index (χ1) is 6.40. The molecule has 3 nitrogen and oxygen atoms in total. The zero-order valence-corrected chi connectivity index (χ0v) is 7.24. The number of H-pyrrole nitrogens is 1. The SMILES string of the molecule is COc1cccc(-c2c[c]n[nH]2)c1. The number of rotatable bonds is 2. The van der Waals surface area contributed by atoms with E-state index in [9.17, 15) is 0 Å². The molecule has 0 saturated heterocycles. The molecule has 0 unspecified atom stereocenters. The summed E-state index contributed by atoms with van der Waals surface area (Å²) >= 11 is 0. The molecule has 0 aliphatic carbocycles. The Kier molecular flexibility index (Phi) is 2.00. The Morgan fingerprint density at radius 2 is 2.38 bits per heavy atom. The van der Waals surface area contributed by atoms with Crippen molar-refractivity contribution in [3.8, 4) is 17.0 Å². The summed E-state index contributed by atoms with van der Waals surface area (Å²) in [5.74, 6) is 0.840. The monoisotopic (exact) mass is 173 g/mol. The topological polar surface area (TPSA) is 37.9 Å². The Labute approximate surface area is 76.4 Å². The van der Waals surface area contributed by atoms with Gasteiger partial charge in [0.25, 0.3) is 0 Å². The van der Waals surface area contributed by atoms with E-state index < -0.39 is 0 Å². The summed E-state index contributed by atoms with van der Waals surface area (Å²) in [5, 5.41) is 6.61. The Balaban J connectivity index is 2.41. The second-order valence-corrected chi connectivity index (χ2v) is 2.64. The predicted molar refractivity (Wildman–Crippen MR) is 49.4 cm³/mol. The average Bonchev–Trinajstić information content (AvgIpc) is 2.71. The minimum absolute atomic E-state index is 0.840. The van der Waals surface area contributed by atoms with Crippen LogP contribution in [0.25, 0.3) is 11.3 Å². The van der Waals surface area contributed by atoms with Gasteiger partial charge in [-0.2, -0.15) is 5.10 Å². The predicted octanol–water partition coefficient (Wildman–Crippen LogP) is 1.89. The van der Waals surface area contributed by atoms with Gasteiger partial charge in [-0.1, -0.05) is 12.1 Å². The molecular formula is C10H9N2O. The van der Waals surface area contributed by atoms with E-state index in [1.165, 1.54) is 0 Å². The highest BCUT2D eigenvalue weighted by Gasteiger charge is 1.99. The van der Waals surface area contributed by atoms with Crippen LogP contribution in [-0.2, 0) is 0 Å². The molecule has 0 amide bonds. The van der Waals surface area contributed by atoms with E-state index in [1.54, 1.807) is 13.2 Å². The summed E-state index contributed by atoms with van der Waals surface area (Å²) in [6.45, 7) is 0. The van der Waals surface area contributed by atoms with Crippen LogP contribution in [0.3, 0.4) is 0 Å². The van der Waals surface area contributed by atoms with Gasteiger partial charge in [-0.15, -0.1) is 0 Å². The van der Waals surface area contributed by atoms with Crippen molar-refractivity contribution in [1.82, 2.24) is 10.2 Å². The third-order valence-corrected chi connectivity index (χ3v) is 1.83. The molecule has 0 saturated carbocycles. The smallest absolute Gasteiger partial charge is 0.119 e. The van der Waals surface area contributed by atoms with E-state index in [2.05, 4.69) is 16.4 Å². The van der Waals surface area contributed by atoms with Gasteiger partial charge in [0.05, 0.1) is 12.8 Å². The number of benzene rings is 1. The molecule has 65 valence electrons. The second kappa shape index (κ2) is 3.31. The summed E-state index contributed by atoms with van der Waals surface area (Å²) in [5.41, 5.74) is 1.99. The highest BCUT2D eigenvalue weighted by Crippen LogP contribution is 2.20. The lowest BCUT2D eigenvalue weighted by atomic mass is 10.1. The fourth-order valence-electron chi connectivity index (χ4n) is 1.16. The van der Waals surface area contributed by atoms with Crippen LogP contribution >= 0.6 is 0 Å². The van der Waals surface area contributed by atoms with Crippen LogP contribution in [0.15, 0.2) is 30.3 Å². The number of aromatic nitrogens is 2. The lowest BCUT2D eigenvalue weighted by Gasteiger charge is -2.01. The first-order valence-electron chi connectivity index (χ1n) is 3.96. The van der Waals surface area contributed by atoms with Gasteiger partial charge >= 0.3 is 0 Å². The van der Waals surface area contributed by atoms with Crippen molar-refractivity contribution in [2.45, 2.75) is 0 Å². The van der Waals surface area contributed by atoms with Crippen molar-refractivity contribution in [1.29, 1.82) is 0 Å². The number of hydrogen-bond acceptors (Lipinski definition) is 2. The van der Waals surface area contributed by atoms with Crippen molar-refractivity contribution in [3.05, 3.63) is 36.5 Å². The van der Waals surface area contributed by atoms with Crippen molar-refractivity contribution in [2.75, 3.05) is 7.11 Å². The number of methoxy groups -OCH3 is 1. The molecule has 3 heteroatoms. The molecule has 1 aromatic heterocycles. The van der Waals surface area contributed by atoms with Crippen LogP contribution in [0, 0.1) is 6.20 Å². The minimum Gasteiger partial charge on any atom is -0.497 e. The summed E-state index contributed by atoms with van der Waals surface area (Å²) in [7, 11) is 1.65. The van der Waals surface area contributed by atoms with Gasteiger partial charge in [0.2, 0.25) is 0 Å². The Hall–Kier alpha value is -1.77. The summed E-state index contributed by atoms with van der Waals surface area (Å²) in [4.78, 5) is 0. The number of nitrogens with one attached hydrogen (secondary N) is 1. The van der Waals surface area contributed by atoms with Crippen LogP contribution < -0.4 is 4.74 Å². The van der Waals surface area contributed by atoms with Gasteiger partial charge < -0.3 is 4.74 Å². The quantitative estimate of drug-likeness (QED) is 0.753. The third kappa shape index (κ3) is 1.54. The molecule has 1 radical (unpaired) electrons. The molecule has 1 N–H and O–H groups in total. The molecule has 0 fully saturated rings. The van der Waals surface area contributed by atoms with Crippen LogP contribution in [-0.4, -0.2) is 17.3 Å². The van der Waals surface area contributed by atoms with Crippen LogP contribution in [0.4, 0.5) is 0 Å². The van der Waals surface area contributed by atoms with Crippen molar-refractivity contribution in [3.63, 3.8) is 0 Å². The summed E-state index contributed by atoms with van der Waals surface area (Å²) in [6.07, 6.45) is 2.72. The first-order valence-corrected chi connectivity index (χ1v) is 3.96. The van der Waals surface area contributed by atoms with Gasteiger partial charge in [0.1, 0.15) is 11.9 Å². The van der Waals surface area contributed by atoms with Gasteiger partial charge in [-0.3, -0.25) is 5.10 Å².